The molecular weight excluding hydrogens is 280 g/mol. The Hall–Kier alpha value is -1.33. The van der Waals surface area contributed by atoms with Gasteiger partial charge in [-0.15, -0.1) is 11.3 Å². The summed E-state index contributed by atoms with van der Waals surface area (Å²) in [7, 11) is 2.17. The molecule has 0 spiro atoms. The van der Waals surface area contributed by atoms with Gasteiger partial charge in [0.05, 0.1) is 17.9 Å². The standard InChI is InChI=1S/C16H22N4S/c1-12(9-13-10-17-7-8-18-13)20(2)11-16-19-14-5-3-4-6-15(14)21-16/h7-8,10,12H,3-6,9,11H2,1-2H3. The predicted molar refractivity (Wildman–Crippen MR) is 85.4 cm³/mol. The quantitative estimate of drug-likeness (QED) is 0.851. The van der Waals surface area contributed by atoms with Gasteiger partial charge in [0.15, 0.2) is 0 Å². The van der Waals surface area contributed by atoms with Gasteiger partial charge in [-0.25, -0.2) is 4.98 Å². The van der Waals surface area contributed by atoms with E-state index < -0.39 is 0 Å². The molecule has 0 aliphatic heterocycles. The van der Waals surface area contributed by atoms with Crippen molar-refractivity contribution in [1.29, 1.82) is 0 Å². The van der Waals surface area contributed by atoms with E-state index in [1.54, 1.807) is 12.4 Å². The van der Waals surface area contributed by atoms with Crippen LogP contribution in [-0.4, -0.2) is 32.9 Å². The average molecular weight is 302 g/mol. The van der Waals surface area contributed by atoms with Gasteiger partial charge >= 0.3 is 0 Å². The molecule has 2 aromatic heterocycles. The van der Waals surface area contributed by atoms with E-state index in [1.807, 2.05) is 17.5 Å². The maximum absolute atomic E-state index is 4.83. The van der Waals surface area contributed by atoms with Crippen LogP contribution in [0.2, 0.25) is 0 Å². The number of aryl methyl sites for hydroxylation is 2. The molecule has 0 fully saturated rings. The van der Waals surface area contributed by atoms with Crippen LogP contribution >= 0.6 is 11.3 Å². The number of nitrogens with zero attached hydrogens (tertiary/aromatic N) is 4. The summed E-state index contributed by atoms with van der Waals surface area (Å²) in [5.41, 5.74) is 2.41. The van der Waals surface area contributed by atoms with Gasteiger partial charge in [0.1, 0.15) is 5.01 Å². The Balaban J connectivity index is 1.60. The van der Waals surface area contributed by atoms with E-state index in [0.29, 0.717) is 6.04 Å². The van der Waals surface area contributed by atoms with Crippen molar-refractivity contribution in [3.05, 3.63) is 39.9 Å². The first-order valence-corrected chi connectivity index (χ1v) is 8.46. The highest BCUT2D eigenvalue weighted by Gasteiger charge is 2.18. The first kappa shape index (κ1) is 14.6. The summed E-state index contributed by atoms with van der Waals surface area (Å²) in [6.45, 7) is 3.17. The predicted octanol–water partition coefficient (Wildman–Crippen LogP) is 2.87. The Morgan fingerprint density at radius 1 is 1.29 bits per heavy atom. The van der Waals surface area contributed by atoms with Gasteiger partial charge in [0.2, 0.25) is 0 Å². The summed E-state index contributed by atoms with van der Waals surface area (Å²) in [5, 5.41) is 1.26. The van der Waals surface area contributed by atoms with E-state index >= 15 is 0 Å². The molecule has 112 valence electrons. The number of rotatable bonds is 5. The molecule has 0 bridgehead atoms. The highest BCUT2D eigenvalue weighted by molar-refractivity contribution is 7.11. The van der Waals surface area contributed by atoms with Crippen LogP contribution < -0.4 is 0 Å². The van der Waals surface area contributed by atoms with Gasteiger partial charge in [-0.2, -0.15) is 0 Å². The number of fused-ring (bicyclic) bond motifs is 1. The molecule has 0 amide bonds. The third kappa shape index (κ3) is 3.66. The third-order valence-electron chi connectivity index (χ3n) is 4.15. The topological polar surface area (TPSA) is 41.9 Å². The number of hydrogen-bond donors (Lipinski definition) is 0. The summed E-state index contributed by atoms with van der Waals surface area (Å²) in [6, 6.07) is 0.433. The minimum atomic E-state index is 0.433. The first-order chi connectivity index (χ1) is 10.2. The van der Waals surface area contributed by atoms with Gasteiger partial charge in [0, 0.05) is 35.9 Å². The largest absolute Gasteiger partial charge is 0.297 e. The lowest BCUT2D eigenvalue weighted by molar-refractivity contribution is 0.246. The molecule has 0 saturated heterocycles. The zero-order valence-corrected chi connectivity index (χ0v) is 13.6. The fourth-order valence-electron chi connectivity index (χ4n) is 2.74. The van der Waals surface area contributed by atoms with Gasteiger partial charge in [-0.1, -0.05) is 0 Å². The Morgan fingerprint density at radius 3 is 2.90 bits per heavy atom. The highest BCUT2D eigenvalue weighted by atomic mass is 32.1. The molecule has 2 heterocycles. The molecule has 2 aromatic rings. The van der Waals surface area contributed by atoms with Crippen molar-refractivity contribution in [2.24, 2.45) is 0 Å². The number of likely N-dealkylation sites (N-methyl/N-ethyl adjacent to an activating group) is 1. The fourth-order valence-corrected chi connectivity index (χ4v) is 3.96. The molecule has 1 unspecified atom stereocenters. The smallest absolute Gasteiger partial charge is 0.107 e. The Labute approximate surface area is 130 Å². The number of thiazole rings is 1. The summed E-state index contributed by atoms with van der Waals surface area (Å²) in [5.74, 6) is 0. The monoisotopic (exact) mass is 302 g/mol. The van der Waals surface area contributed by atoms with Gasteiger partial charge < -0.3 is 0 Å². The molecule has 0 radical (unpaired) electrons. The van der Waals surface area contributed by atoms with Crippen LogP contribution in [0.15, 0.2) is 18.6 Å². The van der Waals surface area contributed by atoms with Crippen LogP contribution in [0, 0.1) is 0 Å². The first-order valence-electron chi connectivity index (χ1n) is 7.65. The fraction of sp³-hybridized carbons (Fsp3) is 0.562. The maximum atomic E-state index is 4.83. The molecular formula is C16H22N4S. The Kier molecular flexibility index (Phi) is 4.60. The normalized spacial score (nSPS) is 16.0. The second-order valence-corrected chi connectivity index (χ2v) is 7.02. The lowest BCUT2D eigenvalue weighted by Crippen LogP contribution is -2.30. The van der Waals surface area contributed by atoms with Gasteiger partial charge in [0.25, 0.3) is 0 Å². The van der Waals surface area contributed by atoms with Crippen molar-refractivity contribution in [3.8, 4) is 0 Å². The average Bonchev–Trinajstić information content (AvgIpc) is 2.90. The Bertz CT molecular complexity index is 558. The van der Waals surface area contributed by atoms with Crippen molar-refractivity contribution in [1.82, 2.24) is 19.9 Å². The lowest BCUT2D eigenvalue weighted by atomic mass is 10.0. The molecule has 0 aromatic carbocycles. The highest BCUT2D eigenvalue weighted by Crippen LogP contribution is 2.27. The molecule has 0 saturated carbocycles. The zero-order chi connectivity index (χ0) is 14.7. The lowest BCUT2D eigenvalue weighted by Gasteiger charge is -2.23. The van der Waals surface area contributed by atoms with Crippen LogP contribution in [0.4, 0.5) is 0 Å². The van der Waals surface area contributed by atoms with E-state index in [1.165, 1.54) is 41.3 Å². The van der Waals surface area contributed by atoms with E-state index in [4.69, 9.17) is 4.98 Å². The van der Waals surface area contributed by atoms with Crippen molar-refractivity contribution < 1.29 is 0 Å². The van der Waals surface area contributed by atoms with Crippen molar-refractivity contribution in [2.75, 3.05) is 7.05 Å². The SMILES string of the molecule is CC(Cc1cnccn1)N(C)Cc1nc2c(s1)CCCC2. The van der Waals surface area contributed by atoms with Crippen molar-refractivity contribution in [2.45, 2.75) is 51.6 Å². The Morgan fingerprint density at radius 2 is 2.14 bits per heavy atom. The summed E-state index contributed by atoms with van der Waals surface area (Å²) in [6.07, 6.45) is 11.3. The van der Waals surface area contributed by atoms with Crippen LogP contribution in [-0.2, 0) is 25.8 Å². The minimum absolute atomic E-state index is 0.433. The minimum Gasteiger partial charge on any atom is -0.297 e. The third-order valence-corrected chi connectivity index (χ3v) is 5.29. The summed E-state index contributed by atoms with van der Waals surface area (Å²) < 4.78 is 0. The zero-order valence-electron chi connectivity index (χ0n) is 12.7. The molecule has 3 rings (SSSR count). The molecule has 1 atom stereocenters. The van der Waals surface area contributed by atoms with E-state index in [2.05, 4.69) is 28.8 Å². The van der Waals surface area contributed by atoms with Crippen LogP contribution in [0.5, 0.6) is 0 Å². The van der Waals surface area contributed by atoms with Crippen molar-refractivity contribution >= 4 is 11.3 Å². The maximum Gasteiger partial charge on any atom is 0.107 e. The van der Waals surface area contributed by atoms with Crippen LogP contribution in [0.3, 0.4) is 0 Å². The summed E-state index contributed by atoms with van der Waals surface area (Å²) in [4.78, 5) is 17.2. The van der Waals surface area contributed by atoms with E-state index in [0.717, 1.165) is 18.7 Å². The van der Waals surface area contributed by atoms with Crippen LogP contribution in [0.25, 0.3) is 0 Å². The van der Waals surface area contributed by atoms with Gasteiger partial charge in [-0.3, -0.25) is 14.9 Å². The number of aromatic nitrogens is 3. The molecule has 21 heavy (non-hydrogen) atoms. The molecule has 1 aliphatic carbocycles. The second kappa shape index (κ2) is 6.62. The van der Waals surface area contributed by atoms with E-state index in [9.17, 15) is 0 Å². The molecule has 4 nitrogen and oxygen atoms in total. The summed E-state index contributed by atoms with van der Waals surface area (Å²) >= 11 is 1.91. The molecule has 0 N–H and O–H groups in total. The second-order valence-electron chi connectivity index (χ2n) is 5.85. The molecule has 5 heteroatoms. The van der Waals surface area contributed by atoms with E-state index in [-0.39, 0.29) is 0 Å². The van der Waals surface area contributed by atoms with Crippen molar-refractivity contribution in [3.63, 3.8) is 0 Å². The number of hydrogen-bond acceptors (Lipinski definition) is 5. The van der Waals surface area contributed by atoms with Crippen LogP contribution in [0.1, 0.15) is 41.0 Å². The van der Waals surface area contributed by atoms with Gasteiger partial charge in [-0.05, 0) is 39.7 Å². The molecule has 1 aliphatic rings.